The molecule has 0 fully saturated rings. The molecule has 4 rings (SSSR count). The molecule has 0 N–H and O–H groups in total. The number of benzene rings is 3. The van der Waals surface area contributed by atoms with Gasteiger partial charge in [-0.15, -0.1) is 0 Å². The van der Waals surface area contributed by atoms with E-state index in [-0.39, 0.29) is 23.0 Å². The second-order valence-corrected chi connectivity index (χ2v) is 7.49. The monoisotopic (exact) mass is 492 g/mol. The van der Waals surface area contributed by atoms with Crippen molar-refractivity contribution < 1.29 is 24.0 Å². The Morgan fingerprint density at radius 2 is 1.78 bits per heavy atom. The summed E-state index contributed by atoms with van der Waals surface area (Å²) in [5, 5.41) is 10.8. The van der Waals surface area contributed by atoms with Crippen LogP contribution >= 0.6 is 15.9 Å². The van der Waals surface area contributed by atoms with Crippen molar-refractivity contribution >= 4 is 45.5 Å². The summed E-state index contributed by atoms with van der Waals surface area (Å²) in [6.07, 6.45) is 1.44. The molecule has 1 aliphatic rings. The van der Waals surface area contributed by atoms with Gasteiger partial charge >= 0.3 is 11.9 Å². The first-order valence-electron chi connectivity index (χ1n) is 9.25. The van der Waals surface area contributed by atoms with E-state index in [1.54, 1.807) is 48.5 Å². The Hall–Kier alpha value is -4.11. The highest BCUT2D eigenvalue weighted by atomic mass is 79.9. The molecule has 0 atom stereocenters. The number of nitro groups is 1. The number of halogens is 1. The maximum absolute atomic E-state index is 12.4. The summed E-state index contributed by atoms with van der Waals surface area (Å²) >= 11 is 3.36. The van der Waals surface area contributed by atoms with E-state index in [0.29, 0.717) is 21.2 Å². The van der Waals surface area contributed by atoms with Gasteiger partial charge in [-0.3, -0.25) is 10.1 Å². The van der Waals surface area contributed by atoms with Crippen LogP contribution in [0.25, 0.3) is 6.08 Å². The van der Waals surface area contributed by atoms with Crippen LogP contribution in [-0.4, -0.2) is 22.8 Å². The van der Waals surface area contributed by atoms with Crippen LogP contribution in [0.15, 0.2) is 88.0 Å². The molecule has 0 spiro atoms. The summed E-state index contributed by atoms with van der Waals surface area (Å²) in [7, 11) is 0. The molecule has 0 radical (unpaired) electrons. The third kappa shape index (κ3) is 4.62. The second kappa shape index (κ2) is 8.94. The highest BCUT2D eigenvalue weighted by molar-refractivity contribution is 9.10. The van der Waals surface area contributed by atoms with E-state index >= 15 is 0 Å². The van der Waals surface area contributed by atoms with Crippen molar-refractivity contribution in [2.75, 3.05) is 0 Å². The standard InChI is InChI=1S/C23H13BrN2O6/c24-17-8-11-20(31-22(27)15-4-2-1-3-5-15)16(12-17)13-19-23(28)32-21(25-19)14-6-9-18(10-7-14)26(29)30/h1-13H/b19-13+. The van der Waals surface area contributed by atoms with Crippen LogP contribution in [0.3, 0.4) is 0 Å². The lowest BCUT2D eigenvalue weighted by atomic mass is 10.1. The van der Waals surface area contributed by atoms with E-state index in [9.17, 15) is 19.7 Å². The van der Waals surface area contributed by atoms with Crippen molar-refractivity contribution in [2.45, 2.75) is 0 Å². The smallest absolute Gasteiger partial charge is 0.363 e. The molecule has 32 heavy (non-hydrogen) atoms. The maximum Gasteiger partial charge on any atom is 0.363 e. The second-order valence-electron chi connectivity index (χ2n) is 6.58. The minimum absolute atomic E-state index is 0.00605. The number of aliphatic imine (C=N–C) groups is 1. The number of nitro benzene ring substituents is 1. The zero-order valence-corrected chi connectivity index (χ0v) is 17.8. The average molecular weight is 493 g/mol. The zero-order valence-electron chi connectivity index (χ0n) is 16.2. The SMILES string of the molecule is O=C1OC(c2ccc([N+](=O)[O-])cc2)=N/C1=C/c1cc(Br)ccc1OC(=O)c1ccccc1. The summed E-state index contributed by atoms with van der Waals surface area (Å²) in [4.78, 5) is 39.3. The molecule has 0 bridgehead atoms. The molecular formula is C23H13BrN2O6. The fourth-order valence-corrected chi connectivity index (χ4v) is 3.24. The van der Waals surface area contributed by atoms with Crippen LogP contribution in [0.2, 0.25) is 0 Å². The Morgan fingerprint density at radius 1 is 1.06 bits per heavy atom. The lowest BCUT2D eigenvalue weighted by Gasteiger charge is -2.08. The number of hydrogen-bond donors (Lipinski definition) is 0. The number of rotatable bonds is 5. The van der Waals surface area contributed by atoms with Gasteiger partial charge in [0.15, 0.2) is 5.70 Å². The molecule has 0 unspecified atom stereocenters. The first-order valence-corrected chi connectivity index (χ1v) is 10.0. The number of esters is 2. The van der Waals surface area contributed by atoms with Crippen LogP contribution in [0.4, 0.5) is 5.69 Å². The highest BCUT2D eigenvalue weighted by Gasteiger charge is 2.25. The van der Waals surface area contributed by atoms with E-state index in [4.69, 9.17) is 9.47 Å². The van der Waals surface area contributed by atoms with Crippen molar-refractivity contribution in [3.05, 3.63) is 110 Å². The van der Waals surface area contributed by atoms with Gasteiger partial charge in [-0.2, -0.15) is 0 Å². The van der Waals surface area contributed by atoms with Gasteiger partial charge in [-0.25, -0.2) is 14.6 Å². The molecule has 0 amide bonds. The van der Waals surface area contributed by atoms with Gasteiger partial charge in [0.25, 0.3) is 5.69 Å². The van der Waals surface area contributed by atoms with Crippen molar-refractivity contribution in [3.8, 4) is 5.75 Å². The predicted molar refractivity (Wildman–Crippen MR) is 119 cm³/mol. The normalized spacial score (nSPS) is 14.1. The topological polar surface area (TPSA) is 108 Å². The molecule has 9 heteroatoms. The summed E-state index contributed by atoms with van der Waals surface area (Å²) < 4.78 is 11.4. The van der Waals surface area contributed by atoms with E-state index < -0.39 is 16.9 Å². The molecule has 1 aliphatic heterocycles. The van der Waals surface area contributed by atoms with E-state index in [1.807, 2.05) is 0 Å². The summed E-state index contributed by atoms with van der Waals surface area (Å²) in [5.41, 5.74) is 1.14. The molecule has 3 aromatic carbocycles. The molecular weight excluding hydrogens is 480 g/mol. The molecule has 0 saturated heterocycles. The lowest BCUT2D eigenvalue weighted by molar-refractivity contribution is -0.384. The van der Waals surface area contributed by atoms with E-state index in [0.717, 1.165) is 0 Å². The quantitative estimate of drug-likeness (QED) is 0.164. The van der Waals surface area contributed by atoms with Crippen LogP contribution in [0, 0.1) is 10.1 Å². The summed E-state index contributed by atoms with van der Waals surface area (Å²) in [5.74, 6) is -0.981. The Kier molecular flexibility index (Phi) is 5.91. The summed E-state index contributed by atoms with van der Waals surface area (Å²) in [6, 6.07) is 19.0. The largest absolute Gasteiger partial charge is 0.422 e. The van der Waals surface area contributed by atoms with Crippen LogP contribution in [0.5, 0.6) is 5.75 Å². The molecule has 158 valence electrons. The minimum Gasteiger partial charge on any atom is -0.422 e. The number of cyclic esters (lactones) is 1. The molecule has 0 saturated carbocycles. The zero-order chi connectivity index (χ0) is 22.7. The van der Waals surface area contributed by atoms with Gasteiger partial charge in [0.2, 0.25) is 5.90 Å². The predicted octanol–water partition coefficient (Wildman–Crippen LogP) is 4.92. The Morgan fingerprint density at radius 3 is 2.47 bits per heavy atom. The molecule has 0 aliphatic carbocycles. The Labute approximate surface area is 190 Å². The van der Waals surface area contributed by atoms with E-state index in [2.05, 4.69) is 20.9 Å². The van der Waals surface area contributed by atoms with Gasteiger partial charge in [0, 0.05) is 27.7 Å². The number of carbonyl (C=O) groups excluding carboxylic acids is 2. The van der Waals surface area contributed by atoms with Crippen molar-refractivity contribution in [1.82, 2.24) is 0 Å². The minimum atomic E-state index is -0.696. The third-order valence-electron chi connectivity index (χ3n) is 4.42. The maximum atomic E-state index is 12.4. The van der Waals surface area contributed by atoms with Gasteiger partial charge in [-0.1, -0.05) is 34.1 Å². The Bertz CT molecular complexity index is 1280. The van der Waals surface area contributed by atoms with Gasteiger partial charge in [0.1, 0.15) is 5.75 Å². The number of ether oxygens (including phenoxy) is 2. The Balaban J connectivity index is 1.64. The van der Waals surface area contributed by atoms with Crippen LogP contribution in [-0.2, 0) is 9.53 Å². The van der Waals surface area contributed by atoms with Crippen molar-refractivity contribution in [3.63, 3.8) is 0 Å². The number of hydrogen-bond acceptors (Lipinski definition) is 7. The van der Waals surface area contributed by atoms with Gasteiger partial charge < -0.3 is 9.47 Å². The first-order chi connectivity index (χ1) is 15.4. The first kappa shape index (κ1) is 21.1. The average Bonchev–Trinajstić information content (AvgIpc) is 3.16. The van der Waals surface area contributed by atoms with Crippen molar-refractivity contribution in [2.24, 2.45) is 4.99 Å². The number of non-ortho nitro benzene ring substituents is 1. The third-order valence-corrected chi connectivity index (χ3v) is 4.92. The number of carbonyl (C=O) groups is 2. The van der Waals surface area contributed by atoms with Gasteiger partial charge in [0.05, 0.1) is 10.5 Å². The molecule has 8 nitrogen and oxygen atoms in total. The molecule has 3 aromatic rings. The lowest BCUT2D eigenvalue weighted by Crippen LogP contribution is -2.09. The number of nitrogens with zero attached hydrogens (tertiary/aromatic N) is 2. The van der Waals surface area contributed by atoms with Crippen LogP contribution < -0.4 is 4.74 Å². The highest BCUT2D eigenvalue weighted by Crippen LogP contribution is 2.28. The molecule has 1 heterocycles. The fourth-order valence-electron chi connectivity index (χ4n) is 2.86. The van der Waals surface area contributed by atoms with E-state index in [1.165, 1.54) is 30.3 Å². The fraction of sp³-hybridized carbons (Fsp3) is 0. The van der Waals surface area contributed by atoms with Crippen LogP contribution in [0.1, 0.15) is 21.5 Å². The van der Waals surface area contributed by atoms with Crippen molar-refractivity contribution in [1.29, 1.82) is 0 Å². The molecule has 0 aromatic heterocycles. The summed E-state index contributed by atoms with van der Waals surface area (Å²) in [6.45, 7) is 0. The van der Waals surface area contributed by atoms with Gasteiger partial charge in [-0.05, 0) is 48.5 Å².